The average Bonchev–Trinajstić information content (AvgIpc) is 1.65. The van der Waals surface area contributed by atoms with E-state index in [9.17, 15) is 4.79 Å². The van der Waals surface area contributed by atoms with E-state index in [0.717, 1.165) is 0 Å². The molecule has 0 atom stereocenters. The second kappa shape index (κ2) is 9.50. The van der Waals surface area contributed by atoms with Crippen molar-refractivity contribution in [1.82, 2.24) is 0 Å². The van der Waals surface area contributed by atoms with Crippen LogP contribution in [0.15, 0.2) is 0 Å². The van der Waals surface area contributed by atoms with Crippen LogP contribution in [0.4, 0.5) is 0 Å². The van der Waals surface area contributed by atoms with Crippen molar-refractivity contribution in [2.75, 3.05) is 5.33 Å². The Morgan fingerprint density at radius 3 is 1.56 bits per heavy atom. The number of carbonyl (C=O) groups excluding carboxylic acids is 1. The minimum absolute atomic E-state index is 0.0162. The van der Waals surface area contributed by atoms with Gasteiger partial charge >= 0.3 is 0 Å². The zero-order chi connectivity index (χ0) is 7.86. The van der Waals surface area contributed by atoms with Crippen LogP contribution in [0.25, 0.3) is 0 Å². The summed E-state index contributed by atoms with van der Waals surface area (Å²) in [6.45, 7) is 0. The molecule has 9 heavy (non-hydrogen) atoms. The van der Waals surface area contributed by atoms with Crippen molar-refractivity contribution in [3.8, 4) is 0 Å². The minimum atomic E-state index is -0.750. The van der Waals surface area contributed by atoms with Gasteiger partial charge in [-0.25, -0.2) is 0 Å². The van der Waals surface area contributed by atoms with Crippen molar-refractivity contribution in [1.29, 1.82) is 0 Å². The molecule has 1 nitrogen and oxygen atoms in total. The van der Waals surface area contributed by atoms with Crippen LogP contribution in [0.2, 0.25) is 0 Å². The van der Waals surface area contributed by atoms with E-state index in [2.05, 4.69) is 31.9 Å². The molecule has 0 rings (SSSR count). The third-order valence-corrected chi connectivity index (χ3v) is 1.65. The number of hydrogen-bond donors (Lipinski definition) is 0. The van der Waals surface area contributed by atoms with Gasteiger partial charge in [0, 0.05) is 0 Å². The molecule has 0 aromatic rings. The molecular weight excluding hydrogens is 318 g/mol. The molecule has 0 bridgehead atoms. The van der Waals surface area contributed by atoms with Crippen LogP contribution in [-0.4, -0.2) is 14.3 Å². The van der Waals surface area contributed by atoms with Gasteiger partial charge in [-0.1, -0.05) is 50.7 Å². The summed E-state index contributed by atoms with van der Waals surface area (Å²) in [4.78, 5) is 9.68. The molecular formula is C3H3Br2Cl3O. The summed E-state index contributed by atoms with van der Waals surface area (Å²) in [5, 5.41) is 0.396. The molecule has 0 amide bonds. The van der Waals surface area contributed by atoms with Gasteiger partial charge in [0.15, 0.2) is 4.30 Å². The Morgan fingerprint density at radius 2 is 1.56 bits per heavy atom. The van der Waals surface area contributed by atoms with E-state index in [-0.39, 0.29) is 4.69 Å². The van der Waals surface area contributed by atoms with Crippen molar-refractivity contribution in [3.05, 3.63) is 0 Å². The normalized spacial score (nSPS) is 8.22. The first-order valence-electron chi connectivity index (χ1n) is 1.67. The fourth-order valence-corrected chi connectivity index (χ4v) is 0. The molecule has 0 heterocycles. The van der Waals surface area contributed by atoms with Crippen LogP contribution in [0, 0.1) is 0 Å². The maximum atomic E-state index is 9.68. The van der Waals surface area contributed by atoms with Gasteiger partial charge in [0.05, 0.1) is 5.33 Å². The van der Waals surface area contributed by atoms with E-state index in [1.165, 1.54) is 0 Å². The number of rotatable bonds is 1. The molecule has 0 aromatic heterocycles. The molecule has 0 saturated carbocycles. The summed E-state index contributed by atoms with van der Waals surface area (Å²) >= 11 is 20.0. The lowest BCUT2D eigenvalue weighted by molar-refractivity contribution is -0.108. The summed E-state index contributed by atoms with van der Waals surface area (Å²) in [5.74, 6) is 0. The zero-order valence-electron chi connectivity index (χ0n) is 4.08. The molecule has 0 radical (unpaired) electrons. The molecule has 56 valence electrons. The molecule has 0 aliphatic heterocycles. The Kier molecular flexibility index (Phi) is 13.8. The first-order valence-corrected chi connectivity index (χ1v) is 4.89. The highest BCUT2D eigenvalue weighted by Crippen LogP contribution is 2.03. The largest absolute Gasteiger partial charge is 0.286 e. The predicted octanol–water partition coefficient (Wildman–Crippen LogP) is 3.29. The molecule has 0 aromatic carbocycles. The molecule has 6 heteroatoms. The molecule has 0 saturated heterocycles. The Bertz CT molecular complexity index is 74.7. The highest BCUT2D eigenvalue weighted by molar-refractivity contribution is 9.19. The molecule has 0 fully saturated rings. The fraction of sp³-hybridized carbons (Fsp3) is 0.667. The van der Waals surface area contributed by atoms with E-state index in [0.29, 0.717) is 5.33 Å². The molecule has 0 spiro atoms. The Morgan fingerprint density at radius 1 is 1.44 bits per heavy atom. The third-order valence-electron chi connectivity index (χ3n) is 0.105. The van der Waals surface area contributed by atoms with Crippen LogP contribution >= 0.6 is 66.7 Å². The van der Waals surface area contributed by atoms with Gasteiger partial charge in [0.2, 0.25) is 4.69 Å². The Labute approximate surface area is 85.3 Å². The minimum Gasteiger partial charge on any atom is -0.286 e. The smallest absolute Gasteiger partial charge is 0.208 e. The maximum absolute atomic E-state index is 9.68. The quantitative estimate of drug-likeness (QED) is 0.535. The molecule has 0 aliphatic carbocycles. The fourth-order valence-electron chi connectivity index (χ4n) is 0. The van der Waals surface area contributed by atoms with Crippen molar-refractivity contribution < 1.29 is 4.79 Å². The van der Waals surface area contributed by atoms with E-state index < -0.39 is 4.30 Å². The predicted molar refractivity (Wildman–Crippen MR) is 49.1 cm³/mol. The van der Waals surface area contributed by atoms with Crippen LogP contribution in [0.3, 0.4) is 0 Å². The van der Waals surface area contributed by atoms with Crippen molar-refractivity contribution in [3.63, 3.8) is 0 Å². The first kappa shape index (κ1) is 13.1. The second-order valence-electron chi connectivity index (χ2n) is 0.736. The number of hydrogen-bond acceptors (Lipinski definition) is 1. The summed E-state index contributed by atoms with van der Waals surface area (Å²) in [5.41, 5.74) is 0. The van der Waals surface area contributed by atoms with Gasteiger partial charge in [0.1, 0.15) is 0 Å². The summed E-state index contributed by atoms with van der Waals surface area (Å²) in [6.07, 6.45) is 0. The third kappa shape index (κ3) is 43.6. The lowest BCUT2D eigenvalue weighted by Gasteiger charge is -1.69. The Balaban J connectivity index is 0. The van der Waals surface area contributed by atoms with E-state index >= 15 is 0 Å². The highest BCUT2D eigenvalue weighted by Gasteiger charge is 1.82. The van der Waals surface area contributed by atoms with Crippen molar-refractivity contribution in [2.45, 2.75) is 4.30 Å². The monoisotopic (exact) mass is 318 g/mol. The van der Waals surface area contributed by atoms with Gasteiger partial charge in [-0.3, -0.25) is 4.79 Å². The summed E-state index contributed by atoms with van der Waals surface area (Å²) in [7, 11) is 0. The standard InChI is InChI=1S/C2H2Br2O.CHCl3/c3-1-2(4)5;2-1(3)4/h1H2;1H. The van der Waals surface area contributed by atoms with E-state index in [1.807, 2.05) is 0 Å². The van der Waals surface area contributed by atoms with Gasteiger partial charge in [-0.15, -0.1) is 0 Å². The lowest BCUT2D eigenvalue weighted by Crippen LogP contribution is -1.79. The van der Waals surface area contributed by atoms with Gasteiger partial charge < -0.3 is 0 Å². The zero-order valence-corrected chi connectivity index (χ0v) is 9.52. The van der Waals surface area contributed by atoms with Crippen molar-refractivity contribution >= 4 is 71.4 Å². The molecule has 0 aliphatic rings. The summed E-state index contributed by atoms with van der Waals surface area (Å²) in [6, 6.07) is 0. The van der Waals surface area contributed by atoms with Gasteiger partial charge in [-0.2, -0.15) is 0 Å². The first-order chi connectivity index (χ1) is 4.00. The number of carbonyl (C=O) groups is 1. The maximum Gasteiger partial charge on any atom is 0.208 e. The topological polar surface area (TPSA) is 17.1 Å². The molecule has 0 unspecified atom stereocenters. The lowest BCUT2D eigenvalue weighted by atomic mass is 10.9. The number of halogens is 5. The SMILES string of the molecule is ClC(Cl)Cl.O=C(Br)CBr. The van der Waals surface area contributed by atoms with Crippen LogP contribution in [0.1, 0.15) is 0 Å². The van der Waals surface area contributed by atoms with Crippen LogP contribution in [-0.2, 0) is 4.79 Å². The Hall–Kier alpha value is 1.50. The number of alkyl halides is 4. The van der Waals surface area contributed by atoms with Crippen LogP contribution < -0.4 is 0 Å². The average molecular weight is 321 g/mol. The highest BCUT2D eigenvalue weighted by atomic mass is 79.9. The second-order valence-corrected chi connectivity index (χ2v) is 4.16. The van der Waals surface area contributed by atoms with Crippen molar-refractivity contribution in [2.24, 2.45) is 0 Å². The van der Waals surface area contributed by atoms with Crippen LogP contribution in [0.5, 0.6) is 0 Å². The van der Waals surface area contributed by atoms with Gasteiger partial charge in [-0.05, 0) is 15.9 Å². The van der Waals surface area contributed by atoms with E-state index in [4.69, 9.17) is 34.8 Å². The molecule has 0 N–H and O–H groups in total. The summed E-state index contributed by atoms with van der Waals surface area (Å²) < 4.78 is -0.766. The van der Waals surface area contributed by atoms with E-state index in [1.54, 1.807) is 0 Å². The van der Waals surface area contributed by atoms with Gasteiger partial charge in [0.25, 0.3) is 0 Å².